The van der Waals surface area contributed by atoms with Gasteiger partial charge in [-0.3, -0.25) is 29.8 Å². The van der Waals surface area contributed by atoms with E-state index in [1.807, 2.05) is 30.3 Å². The van der Waals surface area contributed by atoms with Gasteiger partial charge in [-0.2, -0.15) is 16.9 Å². The highest BCUT2D eigenvalue weighted by Crippen LogP contribution is 2.23. The summed E-state index contributed by atoms with van der Waals surface area (Å²) in [5.74, 6) is -0.829. The van der Waals surface area contributed by atoms with Crippen LogP contribution in [0.25, 0.3) is 0 Å². The molecule has 11 nitrogen and oxygen atoms in total. The number of carbonyl (C=O) groups is 2. The number of amides is 2. The van der Waals surface area contributed by atoms with Crippen molar-refractivity contribution in [2.75, 3.05) is 5.75 Å². The van der Waals surface area contributed by atoms with E-state index in [4.69, 9.17) is 11.6 Å². The number of thioether (sulfide) groups is 1. The predicted octanol–water partition coefficient (Wildman–Crippen LogP) is 4.34. The first-order valence-electron chi connectivity index (χ1n) is 10.7. The second-order valence-electron chi connectivity index (χ2n) is 7.56. The van der Waals surface area contributed by atoms with Crippen molar-refractivity contribution in [3.05, 3.63) is 115 Å². The number of hydrogen-bond acceptors (Lipinski definition) is 8. The molecule has 2 N–H and O–H groups in total. The third-order valence-corrected chi connectivity index (χ3v) is 6.22. The maximum atomic E-state index is 12.9. The minimum absolute atomic E-state index is 0.139. The van der Waals surface area contributed by atoms with Crippen molar-refractivity contribution in [1.82, 2.24) is 10.7 Å². The van der Waals surface area contributed by atoms with E-state index in [-0.39, 0.29) is 11.3 Å². The molecule has 0 unspecified atom stereocenters. The second kappa shape index (κ2) is 13.1. The minimum Gasteiger partial charge on any atom is -0.339 e. The quantitative estimate of drug-likeness (QED) is 0.207. The Morgan fingerprint density at radius 1 is 0.973 bits per heavy atom. The molecule has 13 heteroatoms. The molecule has 0 aromatic heterocycles. The zero-order chi connectivity index (χ0) is 26.8. The molecule has 1 atom stereocenters. The first-order valence-corrected chi connectivity index (χ1v) is 12.2. The van der Waals surface area contributed by atoms with Crippen molar-refractivity contribution >= 4 is 52.8 Å². The highest BCUT2D eigenvalue weighted by atomic mass is 35.5. The fraction of sp³-hybridized carbons (Fsp3) is 0.125. The van der Waals surface area contributed by atoms with Gasteiger partial charge in [0.05, 0.1) is 27.7 Å². The van der Waals surface area contributed by atoms with Crippen LogP contribution in [-0.2, 0) is 10.5 Å². The van der Waals surface area contributed by atoms with Crippen LogP contribution >= 0.6 is 23.4 Å². The molecular weight excluding hydrogens is 522 g/mol. The molecular formula is C24H20ClN5O6S. The molecule has 0 saturated heterocycles. The molecule has 3 rings (SSSR count). The smallest absolute Gasteiger partial charge is 0.277 e. The monoisotopic (exact) mass is 541 g/mol. The number of hydrazone groups is 1. The number of halogens is 1. The lowest BCUT2D eigenvalue weighted by molar-refractivity contribution is -0.394. The molecule has 0 aliphatic rings. The van der Waals surface area contributed by atoms with Gasteiger partial charge in [0.15, 0.2) is 0 Å². The summed E-state index contributed by atoms with van der Waals surface area (Å²) >= 11 is 7.22. The summed E-state index contributed by atoms with van der Waals surface area (Å²) in [7, 11) is 0. The molecule has 0 spiro atoms. The highest BCUT2D eigenvalue weighted by Gasteiger charge is 2.25. The first-order chi connectivity index (χ1) is 17.7. The van der Waals surface area contributed by atoms with Crippen LogP contribution in [0.1, 0.15) is 21.5 Å². The Morgan fingerprint density at radius 3 is 2.19 bits per heavy atom. The summed E-state index contributed by atoms with van der Waals surface area (Å²) in [5, 5.41) is 29.3. The lowest BCUT2D eigenvalue weighted by Crippen LogP contribution is -2.47. The molecule has 0 aliphatic carbocycles. The van der Waals surface area contributed by atoms with Crippen molar-refractivity contribution in [2.45, 2.75) is 11.8 Å². The van der Waals surface area contributed by atoms with E-state index >= 15 is 0 Å². The van der Waals surface area contributed by atoms with Crippen LogP contribution in [0.5, 0.6) is 0 Å². The van der Waals surface area contributed by atoms with E-state index < -0.39 is 39.1 Å². The molecule has 0 saturated carbocycles. The number of nitrogens with one attached hydrogen (secondary N) is 2. The zero-order valence-corrected chi connectivity index (χ0v) is 20.6. The Bertz CT molecular complexity index is 1290. The zero-order valence-electron chi connectivity index (χ0n) is 19.1. The Balaban J connectivity index is 1.75. The van der Waals surface area contributed by atoms with Crippen LogP contribution in [0.3, 0.4) is 0 Å². The van der Waals surface area contributed by atoms with Gasteiger partial charge in [-0.15, -0.1) is 0 Å². The summed E-state index contributed by atoms with van der Waals surface area (Å²) < 4.78 is 0. The summed E-state index contributed by atoms with van der Waals surface area (Å²) in [6.07, 6.45) is 1.40. The van der Waals surface area contributed by atoms with Crippen molar-refractivity contribution in [3.63, 3.8) is 0 Å². The summed E-state index contributed by atoms with van der Waals surface area (Å²) in [5.41, 5.74) is 2.48. The lowest BCUT2D eigenvalue weighted by atomic mass is 10.1. The van der Waals surface area contributed by atoms with Crippen molar-refractivity contribution in [3.8, 4) is 0 Å². The Hall–Kier alpha value is -4.29. The fourth-order valence-corrected chi connectivity index (χ4v) is 4.17. The number of nitrogens with zero attached hydrogens (tertiary/aromatic N) is 3. The van der Waals surface area contributed by atoms with Crippen molar-refractivity contribution < 1.29 is 19.4 Å². The highest BCUT2D eigenvalue weighted by molar-refractivity contribution is 7.98. The van der Waals surface area contributed by atoms with Gasteiger partial charge in [0.25, 0.3) is 23.2 Å². The third kappa shape index (κ3) is 8.40. The van der Waals surface area contributed by atoms with Gasteiger partial charge in [0, 0.05) is 28.7 Å². The molecule has 2 amide bonds. The van der Waals surface area contributed by atoms with Gasteiger partial charge in [0.1, 0.15) is 6.04 Å². The lowest BCUT2D eigenvalue weighted by Gasteiger charge is -2.17. The van der Waals surface area contributed by atoms with Crippen LogP contribution in [-0.4, -0.2) is 39.7 Å². The molecule has 0 heterocycles. The third-order valence-electron chi connectivity index (χ3n) is 4.86. The molecule has 190 valence electrons. The molecule has 3 aromatic carbocycles. The van der Waals surface area contributed by atoms with Gasteiger partial charge in [0.2, 0.25) is 0 Å². The summed E-state index contributed by atoms with van der Waals surface area (Å²) in [6, 6.07) is 17.7. The standard InChI is InChI=1S/C24H20ClN5O6S/c25-19-8-6-16(7-9-19)13-26-28-24(32)22(15-37-14-17-4-2-1-3-5-17)27-23(31)18-10-20(29(33)34)12-21(11-18)30(35)36/h1-13,22H,14-15H2,(H,27,31)(H,28,32)/b26-13-/t22-/m1/s1. The van der Waals surface area contributed by atoms with E-state index in [2.05, 4.69) is 15.8 Å². The van der Waals surface area contributed by atoms with Crippen LogP contribution < -0.4 is 10.7 Å². The molecule has 0 bridgehead atoms. The van der Waals surface area contributed by atoms with E-state index in [0.717, 1.165) is 23.8 Å². The van der Waals surface area contributed by atoms with Gasteiger partial charge in [-0.25, -0.2) is 5.43 Å². The number of non-ortho nitro benzene ring substituents is 2. The van der Waals surface area contributed by atoms with Gasteiger partial charge < -0.3 is 5.32 Å². The number of hydrogen-bond donors (Lipinski definition) is 2. The predicted molar refractivity (Wildman–Crippen MR) is 141 cm³/mol. The molecule has 0 fully saturated rings. The average molecular weight is 542 g/mol. The number of nitro groups is 2. The maximum Gasteiger partial charge on any atom is 0.277 e. The first kappa shape index (κ1) is 27.3. The van der Waals surface area contributed by atoms with E-state index in [1.165, 1.54) is 18.0 Å². The Morgan fingerprint density at radius 2 is 1.59 bits per heavy atom. The molecule has 3 aromatic rings. The number of benzene rings is 3. The van der Waals surface area contributed by atoms with Crippen LogP contribution in [0, 0.1) is 20.2 Å². The largest absolute Gasteiger partial charge is 0.339 e. The van der Waals surface area contributed by atoms with Crippen molar-refractivity contribution in [1.29, 1.82) is 0 Å². The maximum absolute atomic E-state index is 12.9. The van der Waals surface area contributed by atoms with Gasteiger partial charge in [-0.05, 0) is 23.3 Å². The van der Waals surface area contributed by atoms with E-state index in [9.17, 15) is 29.8 Å². The second-order valence-corrected chi connectivity index (χ2v) is 9.03. The summed E-state index contributed by atoms with van der Waals surface area (Å²) in [6.45, 7) is 0. The summed E-state index contributed by atoms with van der Waals surface area (Å²) in [4.78, 5) is 46.4. The molecule has 0 radical (unpaired) electrons. The van der Waals surface area contributed by atoms with E-state index in [1.54, 1.807) is 24.3 Å². The number of nitro benzene ring substituents is 2. The topological polar surface area (TPSA) is 157 Å². The van der Waals surface area contributed by atoms with Gasteiger partial charge in [-0.1, -0.05) is 54.1 Å². The molecule has 0 aliphatic heterocycles. The minimum atomic E-state index is -1.10. The molecule has 37 heavy (non-hydrogen) atoms. The number of rotatable bonds is 11. The number of carbonyl (C=O) groups excluding carboxylic acids is 2. The SMILES string of the molecule is O=C(N[C@H](CSCc1ccccc1)C(=O)N/N=C\c1ccc(Cl)cc1)c1cc([N+](=O)[O-])cc([N+](=O)[O-])c1. The van der Waals surface area contributed by atoms with Gasteiger partial charge >= 0.3 is 0 Å². The Labute approximate surface area is 220 Å². The average Bonchev–Trinajstić information content (AvgIpc) is 2.89. The van der Waals surface area contributed by atoms with Crippen LogP contribution in [0.2, 0.25) is 5.02 Å². The fourth-order valence-electron chi connectivity index (χ4n) is 3.03. The van der Waals surface area contributed by atoms with E-state index in [0.29, 0.717) is 16.3 Å². The Kier molecular flexibility index (Phi) is 9.69. The van der Waals surface area contributed by atoms with Crippen LogP contribution in [0.4, 0.5) is 11.4 Å². The van der Waals surface area contributed by atoms with Crippen molar-refractivity contribution in [2.24, 2.45) is 5.10 Å². The van der Waals surface area contributed by atoms with Crippen LogP contribution in [0.15, 0.2) is 77.9 Å². The normalized spacial score (nSPS) is 11.6.